The minimum Gasteiger partial charge on any atom is -0.379 e. The highest BCUT2D eigenvalue weighted by Gasteiger charge is 2.22. The van der Waals surface area contributed by atoms with E-state index < -0.39 is 0 Å². The third-order valence-corrected chi connectivity index (χ3v) is 5.46. The second kappa shape index (κ2) is 9.14. The molecule has 0 bridgehead atoms. The van der Waals surface area contributed by atoms with Crippen molar-refractivity contribution < 1.29 is 9.13 Å². The molecule has 0 unspecified atom stereocenters. The van der Waals surface area contributed by atoms with Crippen molar-refractivity contribution in [3.05, 3.63) is 72.1 Å². The molecule has 0 amide bonds. The lowest BCUT2D eigenvalue weighted by molar-refractivity contribution is 0.0328. The van der Waals surface area contributed by atoms with Crippen LogP contribution in [0.25, 0.3) is 11.1 Å². The van der Waals surface area contributed by atoms with Crippen LogP contribution in [0.15, 0.2) is 55.1 Å². The zero-order chi connectivity index (χ0) is 18.4. The SMILES string of the molecule is C=CCCc1ccc(-c2ccc(C3CCC(OCC)CC3)cc2)cc1F. The fraction of sp³-hybridized carbons (Fsp3) is 0.417. The van der Waals surface area contributed by atoms with E-state index >= 15 is 0 Å². The Balaban J connectivity index is 1.66. The van der Waals surface area contributed by atoms with Gasteiger partial charge in [-0.3, -0.25) is 0 Å². The monoisotopic (exact) mass is 352 g/mol. The molecule has 2 aromatic carbocycles. The van der Waals surface area contributed by atoms with E-state index in [0.29, 0.717) is 18.4 Å². The number of aryl methyl sites for hydroxylation is 1. The molecule has 0 saturated heterocycles. The Morgan fingerprint density at radius 2 is 1.73 bits per heavy atom. The summed E-state index contributed by atoms with van der Waals surface area (Å²) >= 11 is 0. The summed E-state index contributed by atoms with van der Waals surface area (Å²) in [7, 11) is 0. The molecule has 0 spiro atoms. The van der Waals surface area contributed by atoms with Crippen LogP contribution >= 0.6 is 0 Å². The average molecular weight is 352 g/mol. The minimum atomic E-state index is -0.123. The van der Waals surface area contributed by atoms with Crippen molar-refractivity contribution in [2.45, 2.75) is 57.5 Å². The highest BCUT2D eigenvalue weighted by atomic mass is 19.1. The van der Waals surface area contributed by atoms with Gasteiger partial charge in [0.05, 0.1) is 6.10 Å². The van der Waals surface area contributed by atoms with E-state index in [1.165, 1.54) is 18.4 Å². The van der Waals surface area contributed by atoms with Crippen molar-refractivity contribution in [3.8, 4) is 11.1 Å². The number of benzene rings is 2. The zero-order valence-corrected chi connectivity index (χ0v) is 15.7. The fourth-order valence-electron chi connectivity index (χ4n) is 3.93. The maximum atomic E-state index is 14.3. The zero-order valence-electron chi connectivity index (χ0n) is 15.7. The van der Waals surface area contributed by atoms with Crippen molar-refractivity contribution in [1.29, 1.82) is 0 Å². The number of hydrogen-bond donors (Lipinski definition) is 0. The van der Waals surface area contributed by atoms with Gasteiger partial charge in [0.25, 0.3) is 0 Å². The van der Waals surface area contributed by atoms with Crippen molar-refractivity contribution >= 4 is 0 Å². The van der Waals surface area contributed by atoms with Crippen molar-refractivity contribution in [1.82, 2.24) is 0 Å². The number of rotatable bonds is 7. The molecule has 0 atom stereocenters. The van der Waals surface area contributed by atoms with Crippen LogP contribution < -0.4 is 0 Å². The third kappa shape index (κ3) is 4.62. The molecule has 1 saturated carbocycles. The van der Waals surface area contributed by atoms with Gasteiger partial charge in [-0.25, -0.2) is 4.39 Å². The van der Waals surface area contributed by atoms with Crippen LogP contribution in [0.1, 0.15) is 56.1 Å². The first-order chi connectivity index (χ1) is 12.7. The van der Waals surface area contributed by atoms with Crippen LogP contribution in [0.4, 0.5) is 4.39 Å². The lowest BCUT2D eigenvalue weighted by Gasteiger charge is -2.28. The van der Waals surface area contributed by atoms with Gasteiger partial charge in [0.15, 0.2) is 0 Å². The number of hydrogen-bond acceptors (Lipinski definition) is 1. The molecular weight excluding hydrogens is 323 g/mol. The van der Waals surface area contributed by atoms with Gasteiger partial charge in [0.1, 0.15) is 5.82 Å². The lowest BCUT2D eigenvalue weighted by Crippen LogP contribution is -2.20. The Hall–Kier alpha value is -1.93. The molecule has 138 valence electrons. The fourth-order valence-corrected chi connectivity index (χ4v) is 3.93. The highest BCUT2D eigenvalue weighted by molar-refractivity contribution is 5.64. The van der Waals surface area contributed by atoms with Gasteiger partial charge < -0.3 is 4.74 Å². The number of allylic oxidation sites excluding steroid dienone is 1. The molecule has 3 rings (SSSR count). The first-order valence-corrected chi connectivity index (χ1v) is 9.82. The summed E-state index contributed by atoms with van der Waals surface area (Å²) in [6.45, 7) is 6.58. The molecule has 1 nitrogen and oxygen atoms in total. The van der Waals surface area contributed by atoms with Crippen molar-refractivity contribution in [2.24, 2.45) is 0 Å². The molecule has 0 aromatic heterocycles. The molecule has 1 fully saturated rings. The predicted molar refractivity (Wildman–Crippen MR) is 107 cm³/mol. The topological polar surface area (TPSA) is 9.23 Å². The summed E-state index contributed by atoms with van der Waals surface area (Å²) < 4.78 is 20.0. The smallest absolute Gasteiger partial charge is 0.127 e. The standard InChI is InChI=1S/C24H29FO/c1-3-5-6-21-11-12-22(17-24(21)25)20-9-7-18(8-10-20)19-13-15-23(16-14-19)26-4-2/h3,7-12,17,19,23H,1,4-6,13-16H2,2H3. The van der Waals surface area contributed by atoms with Crippen molar-refractivity contribution in [3.63, 3.8) is 0 Å². The second-order valence-corrected chi connectivity index (χ2v) is 7.18. The lowest BCUT2D eigenvalue weighted by atomic mass is 9.82. The van der Waals surface area contributed by atoms with Crippen LogP contribution in [0.5, 0.6) is 0 Å². The second-order valence-electron chi connectivity index (χ2n) is 7.18. The first-order valence-electron chi connectivity index (χ1n) is 9.82. The largest absolute Gasteiger partial charge is 0.379 e. The number of ether oxygens (including phenoxy) is 1. The van der Waals surface area contributed by atoms with Gasteiger partial charge in [-0.15, -0.1) is 6.58 Å². The Morgan fingerprint density at radius 3 is 2.35 bits per heavy atom. The molecule has 1 aliphatic rings. The van der Waals surface area contributed by atoms with Gasteiger partial charge in [-0.2, -0.15) is 0 Å². The highest BCUT2D eigenvalue weighted by Crippen LogP contribution is 2.35. The summed E-state index contributed by atoms with van der Waals surface area (Å²) in [5, 5.41) is 0. The summed E-state index contributed by atoms with van der Waals surface area (Å²) in [6, 6.07) is 14.3. The summed E-state index contributed by atoms with van der Waals surface area (Å²) in [4.78, 5) is 0. The van der Waals surface area contributed by atoms with E-state index in [4.69, 9.17) is 4.74 Å². The molecular formula is C24H29FO. The first kappa shape index (κ1) is 18.8. The van der Waals surface area contributed by atoms with Gasteiger partial charge in [-0.1, -0.05) is 42.5 Å². The maximum Gasteiger partial charge on any atom is 0.127 e. The van der Waals surface area contributed by atoms with Gasteiger partial charge in [-0.05, 0) is 79.7 Å². The van der Waals surface area contributed by atoms with E-state index in [1.54, 1.807) is 6.07 Å². The summed E-state index contributed by atoms with van der Waals surface area (Å²) in [5.41, 5.74) is 4.17. The Kier molecular flexibility index (Phi) is 6.62. The van der Waals surface area contributed by atoms with Crippen LogP contribution in [0.3, 0.4) is 0 Å². The van der Waals surface area contributed by atoms with E-state index in [1.807, 2.05) is 18.2 Å². The van der Waals surface area contributed by atoms with Gasteiger partial charge >= 0.3 is 0 Å². The van der Waals surface area contributed by atoms with E-state index in [9.17, 15) is 4.39 Å². The molecule has 0 heterocycles. The minimum absolute atomic E-state index is 0.123. The normalized spacial score (nSPS) is 20.1. The van der Waals surface area contributed by atoms with Crippen LogP contribution in [-0.2, 0) is 11.2 Å². The maximum absolute atomic E-state index is 14.3. The molecule has 0 aliphatic heterocycles. The molecule has 1 aliphatic carbocycles. The Bertz CT molecular complexity index is 711. The number of halogens is 1. The molecule has 2 aromatic rings. The van der Waals surface area contributed by atoms with Crippen LogP contribution in [-0.4, -0.2) is 12.7 Å². The van der Waals surface area contributed by atoms with E-state index in [2.05, 4.69) is 37.8 Å². The molecule has 0 N–H and O–H groups in total. The quantitative estimate of drug-likeness (QED) is 0.505. The summed E-state index contributed by atoms with van der Waals surface area (Å²) in [6.07, 6.45) is 8.46. The van der Waals surface area contributed by atoms with Gasteiger partial charge in [0.2, 0.25) is 0 Å². The Labute approximate surface area is 156 Å². The van der Waals surface area contributed by atoms with Crippen molar-refractivity contribution in [2.75, 3.05) is 6.61 Å². The molecule has 0 radical (unpaired) electrons. The average Bonchev–Trinajstić information content (AvgIpc) is 2.68. The molecule has 2 heteroatoms. The third-order valence-electron chi connectivity index (χ3n) is 5.46. The van der Waals surface area contributed by atoms with E-state index in [-0.39, 0.29) is 5.82 Å². The van der Waals surface area contributed by atoms with Gasteiger partial charge in [0, 0.05) is 6.61 Å². The van der Waals surface area contributed by atoms with Crippen LogP contribution in [0.2, 0.25) is 0 Å². The van der Waals surface area contributed by atoms with Crippen LogP contribution in [0, 0.1) is 5.82 Å². The summed E-state index contributed by atoms with van der Waals surface area (Å²) in [5.74, 6) is 0.501. The molecule has 26 heavy (non-hydrogen) atoms. The van der Waals surface area contributed by atoms with E-state index in [0.717, 1.165) is 42.6 Å². The predicted octanol–water partition coefficient (Wildman–Crippen LogP) is 6.67. The Morgan fingerprint density at radius 1 is 1.04 bits per heavy atom.